The molecule has 9 nitrogen and oxygen atoms in total. The first-order chi connectivity index (χ1) is 11.7. The summed E-state index contributed by atoms with van der Waals surface area (Å²) in [6, 6.07) is 0. The lowest BCUT2D eigenvalue weighted by Crippen LogP contribution is -2.44. The van der Waals surface area contributed by atoms with E-state index in [-0.39, 0.29) is 11.7 Å². The SMILES string of the molecule is CCCC(/C=C(\C)C(=O)OOC(=O)C(O)NC(=O)CN)OCC(C)C. The Hall–Kier alpha value is -1.97. The van der Waals surface area contributed by atoms with E-state index in [2.05, 4.69) is 9.78 Å². The summed E-state index contributed by atoms with van der Waals surface area (Å²) < 4.78 is 5.69. The van der Waals surface area contributed by atoms with Crippen LogP contribution in [0.1, 0.15) is 40.5 Å². The minimum Gasteiger partial charge on any atom is -0.374 e. The average molecular weight is 360 g/mol. The molecule has 0 rings (SSSR count). The monoisotopic (exact) mass is 360 g/mol. The number of nitrogens with one attached hydrogen (secondary N) is 1. The zero-order valence-electron chi connectivity index (χ0n) is 15.1. The number of aliphatic hydroxyl groups is 1. The molecule has 4 N–H and O–H groups in total. The van der Waals surface area contributed by atoms with Crippen LogP contribution in [0.3, 0.4) is 0 Å². The molecule has 0 aliphatic heterocycles. The van der Waals surface area contributed by atoms with Gasteiger partial charge in [0.1, 0.15) is 0 Å². The van der Waals surface area contributed by atoms with Gasteiger partial charge in [0, 0.05) is 12.2 Å². The Morgan fingerprint density at radius 3 is 2.40 bits per heavy atom. The van der Waals surface area contributed by atoms with Crippen molar-refractivity contribution < 1.29 is 34.0 Å². The van der Waals surface area contributed by atoms with Crippen LogP contribution in [-0.2, 0) is 28.9 Å². The molecule has 2 unspecified atom stereocenters. The van der Waals surface area contributed by atoms with Gasteiger partial charge in [0.2, 0.25) is 12.1 Å². The molecule has 0 aliphatic carbocycles. The molecule has 0 radical (unpaired) electrons. The van der Waals surface area contributed by atoms with E-state index in [0.717, 1.165) is 12.8 Å². The summed E-state index contributed by atoms with van der Waals surface area (Å²) in [7, 11) is 0. The normalized spacial score (nSPS) is 14.0. The zero-order chi connectivity index (χ0) is 19.4. The van der Waals surface area contributed by atoms with Gasteiger partial charge < -0.3 is 20.9 Å². The number of amides is 1. The number of carbonyl (C=O) groups excluding carboxylic acids is 3. The molecule has 0 aromatic heterocycles. The topological polar surface area (TPSA) is 137 Å². The molecule has 0 heterocycles. The second-order valence-electron chi connectivity index (χ2n) is 5.85. The lowest BCUT2D eigenvalue weighted by atomic mass is 10.1. The first kappa shape index (κ1) is 23.0. The van der Waals surface area contributed by atoms with Gasteiger partial charge in [0.25, 0.3) is 0 Å². The third-order valence-electron chi connectivity index (χ3n) is 2.88. The highest BCUT2D eigenvalue weighted by Crippen LogP contribution is 2.10. The summed E-state index contributed by atoms with van der Waals surface area (Å²) in [5.41, 5.74) is 5.21. The van der Waals surface area contributed by atoms with E-state index in [1.807, 2.05) is 26.1 Å². The van der Waals surface area contributed by atoms with Crippen molar-refractivity contribution in [2.24, 2.45) is 11.7 Å². The van der Waals surface area contributed by atoms with Gasteiger partial charge >= 0.3 is 11.9 Å². The van der Waals surface area contributed by atoms with Crippen molar-refractivity contribution in [2.75, 3.05) is 13.2 Å². The average Bonchev–Trinajstić information content (AvgIpc) is 2.56. The lowest BCUT2D eigenvalue weighted by Gasteiger charge is -2.16. The predicted molar refractivity (Wildman–Crippen MR) is 88.6 cm³/mol. The number of carbonyl (C=O) groups is 3. The second kappa shape index (κ2) is 12.4. The largest absolute Gasteiger partial charge is 0.404 e. The fraction of sp³-hybridized carbons (Fsp3) is 0.688. The Kier molecular flexibility index (Phi) is 11.4. The molecule has 25 heavy (non-hydrogen) atoms. The molecule has 0 saturated carbocycles. The highest BCUT2D eigenvalue weighted by atomic mass is 17.2. The number of nitrogens with two attached hydrogens (primary N) is 1. The Balaban J connectivity index is 4.54. The van der Waals surface area contributed by atoms with Gasteiger partial charge in [-0.15, -0.1) is 0 Å². The maximum atomic E-state index is 11.8. The second-order valence-corrected chi connectivity index (χ2v) is 5.85. The summed E-state index contributed by atoms with van der Waals surface area (Å²) in [6.07, 6.45) is 0.944. The van der Waals surface area contributed by atoms with E-state index in [9.17, 15) is 19.5 Å². The van der Waals surface area contributed by atoms with Crippen molar-refractivity contribution in [3.8, 4) is 0 Å². The molecule has 0 spiro atoms. The summed E-state index contributed by atoms with van der Waals surface area (Å²) >= 11 is 0. The molecule has 0 saturated heterocycles. The molecule has 144 valence electrons. The maximum Gasteiger partial charge on any atom is 0.404 e. The quantitative estimate of drug-likeness (QED) is 0.217. The van der Waals surface area contributed by atoms with Crippen LogP contribution in [0.5, 0.6) is 0 Å². The van der Waals surface area contributed by atoms with Crippen LogP contribution < -0.4 is 11.1 Å². The number of aliphatic hydroxyl groups excluding tert-OH is 1. The number of ether oxygens (including phenoxy) is 1. The van der Waals surface area contributed by atoms with Crippen LogP contribution >= 0.6 is 0 Å². The van der Waals surface area contributed by atoms with Crippen LogP contribution in [0.4, 0.5) is 0 Å². The Morgan fingerprint density at radius 2 is 1.88 bits per heavy atom. The van der Waals surface area contributed by atoms with Gasteiger partial charge in [-0.1, -0.05) is 27.2 Å². The Bertz CT molecular complexity index is 477. The molecule has 0 aromatic rings. The molecule has 2 atom stereocenters. The lowest BCUT2D eigenvalue weighted by molar-refractivity contribution is -0.262. The van der Waals surface area contributed by atoms with E-state index < -0.39 is 30.6 Å². The summed E-state index contributed by atoms with van der Waals surface area (Å²) in [4.78, 5) is 42.7. The van der Waals surface area contributed by atoms with Crippen molar-refractivity contribution >= 4 is 17.8 Å². The molecular formula is C16H28N2O7. The van der Waals surface area contributed by atoms with Gasteiger partial charge in [0.05, 0.1) is 12.6 Å². The first-order valence-corrected chi connectivity index (χ1v) is 8.11. The number of hydrogen-bond donors (Lipinski definition) is 3. The molecule has 0 aliphatic rings. The molecule has 9 heteroatoms. The predicted octanol–water partition coefficient (Wildman–Crippen LogP) is 0.169. The standard InChI is InChI=1S/C16H28N2O7/c1-5-6-12(23-9-10(2)3)7-11(4)15(21)24-25-16(22)14(20)18-13(19)8-17/h7,10,12,14,20H,5-6,8-9,17H2,1-4H3,(H,18,19)/b11-7+. The number of hydrogen-bond acceptors (Lipinski definition) is 8. The maximum absolute atomic E-state index is 11.8. The summed E-state index contributed by atoms with van der Waals surface area (Å²) in [5, 5.41) is 11.2. The Morgan fingerprint density at radius 1 is 1.24 bits per heavy atom. The highest BCUT2D eigenvalue weighted by Gasteiger charge is 2.22. The van der Waals surface area contributed by atoms with Gasteiger partial charge in [0.15, 0.2) is 0 Å². The van der Waals surface area contributed by atoms with E-state index in [1.165, 1.54) is 6.92 Å². The minimum atomic E-state index is -1.98. The van der Waals surface area contributed by atoms with E-state index in [4.69, 9.17) is 10.5 Å². The molecule has 0 bridgehead atoms. The minimum absolute atomic E-state index is 0.190. The van der Waals surface area contributed by atoms with E-state index >= 15 is 0 Å². The highest BCUT2D eigenvalue weighted by molar-refractivity contribution is 5.88. The molecule has 0 fully saturated rings. The van der Waals surface area contributed by atoms with Gasteiger partial charge in [-0.3, -0.25) is 4.79 Å². The third-order valence-corrected chi connectivity index (χ3v) is 2.88. The van der Waals surface area contributed by atoms with Gasteiger partial charge in [-0.25, -0.2) is 19.4 Å². The van der Waals surface area contributed by atoms with Crippen LogP contribution in [0.25, 0.3) is 0 Å². The molecule has 1 amide bonds. The van der Waals surface area contributed by atoms with Crippen molar-refractivity contribution in [2.45, 2.75) is 52.9 Å². The zero-order valence-corrected chi connectivity index (χ0v) is 15.1. The first-order valence-electron chi connectivity index (χ1n) is 8.11. The Labute approximate surface area is 147 Å². The fourth-order valence-electron chi connectivity index (χ4n) is 1.62. The van der Waals surface area contributed by atoms with Crippen molar-refractivity contribution in [3.05, 3.63) is 11.6 Å². The summed E-state index contributed by atoms with van der Waals surface area (Å²) in [6.45, 7) is 7.65. The third kappa shape index (κ3) is 10.5. The number of rotatable bonds is 10. The van der Waals surface area contributed by atoms with Crippen LogP contribution in [0.15, 0.2) is 11.6 Å². The molecular weight excluding hydrogens is 332 g/mol. The van der Waals surface area contributed by atoms with Gasteiger partial charge in [-0.2, -0.15) is 0 Å². The van der Waals surface area contributed by atoms with Gasteiger partial charge in [-0.05, 0) is 25.3 Å². The summed E-state index contributed by atoms with van der Waals surface area (Å²) in [5.74, 6) is -2.66. The van der Waals surface area contributed by atoms with E-state index in [0.29, 0.717) is 12.5 Å². The van der Waals surface area contributed by atoms with Crippen LogP contribution in [-0.4, -0.2) is 48.4 Å². The van der Waals surface area contributed by atoms with E-state index in [1.54, 1.807) is 6.08 Å². The van der Waals surface area contributed by atoms with Crippen molar-refractivity contribution in [1.29, 1.82) is 0 Å². The fourth-order valence-corrected chi connectivity index (χ4v) is 1.62. The molecule has 0 aromatic carbocycles. The van der Waals surface area contributed by atoms with Crippen LogP contribution in [0, 0.1) is 5.92 Å². The smallest absolute Gasteiger partial charge is 0.374 e. The van der Waals surface area contributed by atoms with Crippen LogP contribution in [0.2, 0.25) is 0 Å². The van der Waals surface area contributed by atoms with Crippen molar-refractivity contribution in [3.63, 3.8) is 0 Å². The van der Waals surface area contributed by atoms with Crippen molar-refractivity contribution in [1.82, 2.24) is 5.32 Å².